The fourth-order valence-corrected chi connectivity index (χ4v) is 4.45. The first kappa shape index (κ1) is 21.2. The molecule has 1 aliphatic rings. The molecule has 1 N–H and O–H groups in total. The Hall–Kier alpha value is -2.06. The van der Waals surface area contributed by atoms with Gasteiger partial charge in [-0.2, -0.15) is 0 Å². The van der Waals surface area contributed by atoms with Crippen LogP contribution in [0.3, 0.4) is 0 Å². The van der Waals surface area contributed by atoms with Crippen LogP contribution in [-0.4, -0.2) is 47.0 Å². The van der Waals surface area contributed by atoms with E-state index in [-0.39, 0.29) is 12.3 Å². The van der Waals surface area contributed by atoms with Crippen LogP contribution in [0.5, 0.6) is 0 Å². The van der Waals surface area contributed by atoms with Gasteiger partial charge >= 0.3 is 0 Å². The summed E-state index contributed by atoms with van der Waals surface area (Å²) in [5.74, 6) is 0.718. The number of amides is 1. The fraction of sp³-hybridized carbons (Fsp3) is 0.250. The van der Waals surface area contributed by atoms with Crippen LogP contribution in [0.15, 0.2) is 41.9 Å². The van der Waals surface area contributed by atoms with Gasteiger partial charge in [0.1, 0.15) is 5.82 Å². The fourth-order valence-electron chi connectivity index (χ4n) is 3.21. The molecule has 1 aromatic carbocycles. The van der Waals surface area contributed by atoms with E-state index >= 15 is 0 Å². The van der Waals surface area contributed by atoms with Crippen molar-refractivity contribution in [2.75, 3.05) is 36.4 Å². The third-order valence-electron chi connectivity index (χ3n) is 4.75. The molecule has 4 rings (SSSR count). The van der Waals surface area contributed by atoms with E-state index in [1.165, 1.54) is 11.3 Å². The van der Waals surface area contributed by atoms with Gasteiger partial charge in [0.15, 0.2) is 5.13 Å². The van der Waals surface area contributed by atoms with Crippen LogP contribution >= 0.6 is 46.1 Å². The molecule has 6 nitrogen and oxygen atoms in total. The summed E-state index contributed by atoms with van der Waals surface area (Å²) >= 11 is 19.7. The summed E-state index contributed by atoms with van der Waals surface area (Å²) in [6.07, 6.45) is 1.84. The molecule has 3 heterocycles. The Morgan fingerprint density at radius 1 is 1.10 bits per heavy atom. The van der Waals surface area contributed by atoms with Crippen molar-refractivity contribution in [2.24, 2.45) is 0 Å². The predicted molar refractivity (Wildman–Crippen MR) is 124 cm³/mol. The molecule has 0 radical (unpaired) electrons. The zero-order chi connectivity index (χ0) is 21.1. The summed E-state index contributed by atoms with van der Waals surface area (Å²) in [5, 5.41) is 7.36. The van der Waals surface area contributed by atoms with Crippen molar-refractivity contribution in [1.82, 2.24) is 14.9 Å². The molecule has 156 valence electrons. The number of benzene rings is 1. The highest BCUT2D eigenvalue weighted by atomic mass is 35.5. The van der Waals surface area contributed by atoms with E-state index in [0.717, 1.165) is 11.4 Å². The second-order valence-corrected chi connectivity index (χ2v) is 8.83. The van der Waals surface area contributed by atoms with Crippen LogP contribution in [0.4, 0.5) is 16.6 Å². The first-order chi connectivity index (χ1) is 14.5. The number of rotatable bonds is 5. The van der Waals surface area contributed by atoms with Gasteiger partial charge in [0.05, 0.1) is 32.9 Å². The number of aromatic nitrogens is 2. The summed E-state index contributed by atoms with van der Waals surface area (Å²) < 4.78 is 0. The van der Waals surface area contributed by atoms with Gasteiger partial charge in [0.25, 0.3) is 0 Å². The van der Waals surface area contributed by atoms with Gasteiger partial charge in [0, 0.05) is 37.8 Å². The first-order valence-corrected chi connectivity index (χ1v) is 11.3. The lowest BCUT2D eigenvalue weighted by Crippen LogP contribution is -2.49. The third kappa shape index (κ3) is 4.98. The minimum atomic E-state index is 0.0632. The maximum Gasteiger partial charge on any atom is 0.228 e. The maximum atomic E-state index is 12.7. The van der Waals surface area contributed by atoms with Gasteiger partial charge in [-0.1, -0.05) is 40.9 Å². The number of hydrogen-bond donors (Lipinski definition) is 1. The van der Waals surface area contributed by atoms with E-state index in [1.54, 1.807) is 24.4 Å². The van der Waals surface area contributed by atoms with Crippen molar-refractivity contribution in [3.63, 3.8) is 0 Å². The van der Waals surface area contributed by atoms with Crippen LogP contribution in [0.25, 0.3) is 0 Å². The van der Waals surface area contributed by atoms with E-state index in [2.05, 4.69) is 20.2 Å². The summed E-state index contributed by atoms with van der Waals surface area (Å²) in [5.41, 5.74) is 1.64. The zero-order valence-electron chi connectivity index (χ0n) is 15.8. The topological polar surface area (TPSA) is 61.4 Å². The van der Waals surface area contributed by atoms with Crippen LogP contribution in [-0.2, 0) is 11.2 Å². The Morgan fingerprint density at radius 3 is 2.63 bits per heavy atom. The molecular weight excluding hydrogens is 465 g/mol. The van der Waals surface area contributed by atoms with E-state index in [1.807, 2.05) is 22.4 Å². The largest absolute Gasteiger partial charge is 0.367 e. The molecule has 1 saturated heterocycles. The van der Waals surface area contributed by atoms with Gasteiger partial charge in [-0.05, 0) is 24.3 Å². The van der Waals surface area contributed by atoms with E-state index in [0.29, 0.717) is 52.2 Å². The molecule has 1 fully saturated rings. The number of carbonyl (C=O) groups excluding carboxylic acids is 1. The first-order valence-electron chi connectivity index (χ1n) is 9.29. The number of nitrogens with one attached hydrogen (secondary N) is 1. The van der Waals surface area contributed by atoms with Crippen LogP contribution < -0.4 is 10.2 Å². The number of pyridine rings is 1. The molecule has 0 saturated carbocycles. The number of hydrogen-bond acceptors (Lipinski definition) is 6. The Labute approximate surface area is 193 Å². The summed E-state index contributed by atoms with van der Waals surface area (Å²) in [6.45, 7) is 2.67. The van der Waals surface area contributed by atoms with E-state index in [9.17, 15) is 4.79 Å². The molecule has 30 heavy (non-hydrogen) atoms. The SMILES string of the molecule is O=C(Cc1csc(Nc2ccc(Cl)cn2)n1)N1CCN(c2cccc(Cl)c2Cl)CC1. The summed E-state index contributed by atoms with van der Waals surface area (Å²) in [7, 11) is 0. The molecule has 0 unspecified atom stereocenters. The number of piperazine rings is 1. The number of carbonyl (C=O) groups is 1. The molecular formula is C20H18Cl3N5OS. The van der Waals surface area contributed by atoms with E-state index in [4.69, 9.17) is 34.8 Å². The highest BCUT2D eigenvalue weighted by molar-refractivity contribution is 7.13. The normalized spacial score (nSPS) is 14.1. The van der Waals surface area contributed by atoms with Crippen molar-refractivity contribution in [1.29, 1.82) is 0 Å². The molecule has 0 atom stereocenters. The van der Waals surface area contributed by atoms with Gasteiger partial charge in [-0.25, -0.2) is 9.97 Å². The maximum absolute atomic E-state index is 12.7. The number of halogens is 3. The minimum Gasteiger partial charge on any atom is -0.367 e. The molecule has 0 bridgehead atoms. The van der Waals surface area contributed by atoms with Crippen molar-refractivity contribution in [2.45, 2.75) is 6.42 Å². The Morgan fingerprint density at radius 2 is 1.90 bits per heavy atom. The van der Waals surface area contributed by atoms with Crippen LogP contribution in [0.1, 0.15) is 5.69 Å². The minimum absolute atomic E-state index is 0.0632. The molecule has 3 aromatic rings. The van der Waals surface area contributed by atoms with Gasteiger partial charge < -0.3 is 15.1 Å². The Balaban J connectivity index is 1.31. The summed E-state index contributed by atoms with van der Waals surface area (Å²) in [6, 6.07) is 9.14. The lowest BCUT2D eigenvalue weighted by molar-refractivity contribution is -0.130. The molecule has 0 spiro atoms. The smallest absolute Gasteiger partial charge is 0.228 e. The second-order valence-electron chi connectivity index (χ2n) is 6.75. The van der Waals surface area contributed by atoms with E-state index < -0.39 is 0 Å². The second kappa shape index (κ2) is 9.39. The number of thiazole rings is 1. The highest BCUT2D eigenvalue weighted by Gasteiger charge is 2.23. The van der Waals surface area contributed by atoms with Crippen molar-refractivity contribution >= 4 is 68.7 Å². The average molecular weight is 483 g/mol. The lowest BCUT2D eigenvalue weighted by atomic mass is 10.2. The van der Waals surface area contributed by atoms with Crippen LogP contribution in [0.2, 0.25) is 15.1 Å². The highest BCUT2D eigenvalue weighted by Crippen LogP contribution is 2.33. The van der Waals surface area contributed by atoms with Crippen molar-refractivity contribution in [3.8, 4) is 0 Å². The predicted octanol–water partition coefficient (Wildman–Crippen LogP) is 5.13. The van der Waals surface area contributed by atoms with Gasteiger partial charge in [-0.3, -0.25) is 4.79 Å². The monoisotopic (exact) mass is 481 g/mol. The molecule has 2 aromatic heterocycles. The Bertz CT molecular complexity index is 1040. The standard InChI is InChI=1S/C20H18Cl3N5OS/c21-13-4-5-17(24-11-13)26-20-25-14(12-30-20)10-18(29)28-8-6-27(7-9-28)16-3-1-2-15(22)19(16)23/h1-5,11-12H,6-10H2,(H,24,25,26). The van der Waals surface area contributed by atoms with Crippen molar-refractivity contribution in [3.05, 3.63) is 62.7 Å². The third-order valence-corrected chi connectivity index (χ3v) is 6.59. The molecule has 1 amide bonds. The Kier molecular flexibility index (Phi) is 6.63. The van der Waals surface area contributed by atoms with Crippen molar-refractivity contribution < 1.29 is 4.79 Å². The van der Waals surface area contributed by atoms with Crippen LogP contribution in [0, 0.1) is 0 Å². The average Bonchev–Trinajstić information content (AvgIpc) is 3.18. The molecule has 1 aliphatic heterocycles. The quantitative estimate of drug-likeness (QED) is 0.546. The zero-order valence-corrected chi connectivity index (χ0v) is 18.9. The molecule has 0 aliphatic carbocycles. The number of anilines is 3. The number of nitrogens with zero attached hydrogens (tertiary/aromatic N) is 4. The lowest BCUT2D eigenvalue weighted by Gasteiger charge is -2.36. The van der Waals surface area contributed by atoms with Gasteiger partial charge in [-0.15, -0.1) is 11.3 Å². The summed E-state index contributed by atoms with van der Waals surface area (Å²) in [4.78, 5) is 25.4. The van der Waals surface area contributed by atoms with Gasteiger partial charge in [0.2, 0.25) is 5.91 Å². The molecule has 10 heteroatoms.